The third kappa shape index (κ3) is 6.07. The molecule has 0 radical (unpaired) electrons. The lowest BCUT2D eigenvalue weighted by Gasteiger charge is -2.08. The third-order valence-electron chi connectivity index (χ3n) is 5.06. The molecule has 0 unspecified atom stereocenters. The van der Waals surface area contributed by atoms with Gasteiger partial charge in [0, 0.05) is 51.4 Å². The predicted molar refractivity (Wildman–Crippen MR) is 142 cm³/mol. The van der Waals surface area contributed by atoms with Crippen LogP contribution in [0.25, 0.3) is 10.9 Å². The molecule has 2 N–H and O–H groups in total. The Morgan fingerprint density at radius 2 is 1.68 bits per heavy atom. The van der Waals surface area contributed by atoms with E-state index in [1.165, 1.54) is 11.8 Å². The third-order valence-corrected chi connectivity index (χ3v) is 7.09. The second-order valence-electron chi connectivity index (χ2n) is 7.43. The van der Waals surface area contributed by atoms with Gasteiger partial charge in [-0.05, 0) is 48.5 Å². The van der Waals surface area contributed by atoms with Gasteiger partial charge in [0.05, 0.1) is 15.8 Å². The van der Waals surface area contributed by atoms with E-state index in [4.69, 9.17) is 34.8 Å². The molecule has 1 heterocycles. The molecule has 4 aromatic rings. The van der Waals surface area contributed by atoms with Gasteiger partial charge in [0.1, 0.15) is 0 Å². The van der Waals surface area contributed by atoms with Gasteiger partial charge in [0.2, 0.25) is 5.91 Å². The van der Waals surface area contributed by atoms with E-state index in [1.807, 2.05) is 30.5 Å². The maximum Gasteiger partial charge on any atom is 0.251 e. The van der Waals surface area contributed by atoms with Crippen LogP contribution in [0.3, 0.4) is 0 Å². The van der Waals surface area contributed by atoms with E-state index in [-0.39, 0.29) is 17.6 Å². The van der Waals surface area contributed by atoms with Crippen molar-refractivity contribution in [2.24, 2.45) is 0 Å². The van der Waals surface area contributed by atoms with E-state index in [2.05, 4.69) is 15.2 Å². The summed E-state index contributed by atoms with van der Waals surface area (Å²) in [5.74, 6) is -0.0567. The SMILES string of the molecule is O=C(CSc1cn(CCNC(=O)c2ccc(Cl)cc2)c2ccccc12)Nc1ccc(Cl)c(Cl)c1. The summed E-state index contributed by atoms with van der Waals surface area (Å²) >= 11 is 19.3. The molecule has 0 spiro atoms. The topological polar surface area (TPSA) is 63.1 Å². The zero-order valence-electron chi connectivity index (χ0n) is 17.9. The first-order chi connectivity index (χ1) is 16.4. The van der Waals surface area contributed by atoms with Crippen molar-refractivity contribution in [2.45, 2.75) is 11.4 Å². The lowest BCUT2D eigenvalue weighted by molar-refractivity contribution is -0.113. The van der Waals surface area contributed by atoms with Crippen LogP contribution < -0.4 is 10.6 Å². The average molecular weight is 533 g/mol. The molecule has 0 fully saturated rings. The van der Waals surface area contributed by atoms with Gasteiger partial charge in [-0.1, -0.05) is 53.0 Å². The molecule has 4 rings (SSSR count). The summed E-state index contributed by atoms with van der Waals surface area (Å²) in [6, 6.07) is 19.7. The summed E-state index contributed by atoms with van der Waals surface area (Å²) in [5.41, 5.74) is 2.19. The number of fused-ring (bicyclic) bond motifs is 1. The number of amides is 2. The molecule has 9 heteroatoms. The number of anilines is 1. The molecule has 0 aliphatic carbocycles. The fourth-order valence-electron chi connectivity index (χ4n) is 3.42. The Kier molecular flexibility index (Phi) is 8.06. The predicted octanol–water partition coefficient (Wildman–Crippen LogP) is 6.76. The Labute approximate surface area is 216 Å². The van der Waals surface area contributed by atoms with Gasteiger partial charge in [0.15, 0.2) is 0 Å². The highest BCUT2D eigenvalue weighted by Crippen LogP contribution is 2.30. The number of rotatable bonds is 8. The smallest absolute Gasteiger partial charge is 0.251 e. The molecule has 0 saturated heterocycles. The monoisotopic (exact) mass is 531 g/mol. The molecule has 3 aromatic carbocycles. The van der Waals surface area contributed by atoms with Gasteiger partial charge in [-0.15, -0.1) is 11.8 Å². The standard InChI is InChI=1S/C25H20Cl3N3O2S/c26-17-7-5-16(6-8-17)25(33)29-11-12-31-14-23(19-3-1-2-4-22(19)31)34-15-24(32)30-18-9-10-20(27)21(28)13-18/h1-10,13-14H,11-12,15H2,(H,29,33)(H,30,32). The van der Waals surface area contributed by atoms with Gasteiger partial charge in [-0.3, -0.25) is 9.59 Å². The number of halogens is 3. The largest absolute Gasteiger partial charge is 0.350 e. The molecule has 2 amide bonds. The van der Waals surface area contributed by atoms with Crippen LogP contribution in [0.15, 0.2) is 77.8 Å². The number of thioether (sulfide) groups is 1. The van der Waals surface area contributed by atoms with Crippen molar-refractivity contribution in [3.05, 3.63) is 93.6 Å². The normalized spacial score (nSPS) is 10.9. The molecular formula is C25H20Cl3N3O2S. The summed E-state index contributed by atoms with van der Waals surface area (Å²) in [5, 5.41) is 8.24. The zero-order chi connectivity index (χ0) is 24.1. The van der Waals surface area contributed by atoms with Crippen LogP contribution >= 0.6 is 46.6 Å². The van der Waals surface area contributed by atoms with Crippen LogP contribution in [0.4, 0.5) is 5.69 Å². The van der Waals surface area contributed by atoms with E-state index >= 15 is 0 Å². The maximum absolute atomic E-state index is 12.5. The van der Waals surface area contributed by atoms with Crippen LogP contribution in [0.5, 0.6) is 0 Å². The molecular weight excluding hydrogens is 513 g/mol. The highest BCUT2D eigenvalue weighted by Gasteiger charge is 2.12. The van der Waals surface area contributed by atoms with E-state index in [9.17, 15) is 9.59 Å². The number of nitrogens with zero attached hydrogens (tertiary/aromatic N) is 1. The van der Waals surface area contributed by atoms with Crippen molar-refractivity contribution in [2.75, 3.05) is 17.6 Å². The summed E-state index contributed by atoms with van der Waals surface area (Å²) < 4.78 is 2.08. The minimum atomic E-state index is -0.151. The van der Waals surface area contributed by atoms with Crippen molar-refractivity contribution in [3.8, 4) is 0 Å². The Morgan fingerprint density at radius 1 is 0.912 bits per heavy atom. The maximum atomic E-state index is 12.5. The second-order valence-corrected chi connectivity index (χ2v) is 9.70. The Bertz CT molecular complexity index is 1340. The molecule has 0 saturated carbocycles. The lowest BCUT2D eigenvalue weighted by atomic mass is 10.2. The number of para-hydroxylation sites is 1. The van der Waals surface area contributed by atoms with Gasteiger partial charge >= 0.3 is 0 Å². The minimum Gasteiger partial charge on any atom is -0.350 e. The minimum absolute atomic E-state index is 0.143. The molecule has 174 valence electrons. The Morgan fingerprint density at radius 3 is 2.44 bits per heavy atom. The van der Waals surface area contributed by atoms with Gasteiger partial charge in [0.25, 0.3) is 5.91 Å². The summed E-state index contributed by atoms with van der Waals surface area (Å²) in [6.07, 6.45) is 2.01. The van der Waals surface area contributed by atoms with Crippen molar-refractivity contribution in [3.63, 3.8) is 0 Å². The molecule has 34 heavy (non-hydrogen) atoms. The van der Waals surface area contributed by atoms with Crippen molar-refractivity contribution in [1.82, 2.24) is 9.88 Å². The number of carbonyl (C=O) groups excluding carboxylic acids is 2. The van der Waals surface area contributed by atoms with E-state index in [1.54, 1.807) is 42.5 Å². The molecule has 0 aliphatic heterocycles. The van der Waals surface area contributed by atoms with Crippen LogP contribution in [0.2, 0.25) is 15.1 Å². The van der Waals surface area contributed by atoms with Crippen molar-refractivity contribution >= 4 is 75.0 Å². The molecule has 1 aromatic heterocycles. The first kappa shape index (κ1) is 24.5. The highest BCUT2D eigenvalue weighted by atomic mass is 35.5. The number of carbonyl (C=O) groups is 2. The first-order valence-electron chi connectivity index (χ1n) is 10.4. The highest BCUT2D eigenvalue weighted by molar-refractivity contribution is 8.00. The number of benzene rings is 3. The summed E-state index contributed by atoms with van der Waals surface area (Å²) in [7, 11) is 0. The number of nitrogens with one attached hydrogen (secondary N) is 2. The van der Waals surface area contributed by atoms with Crippen molar-refractivity contribution < 1.29 is 9.59 Å². The van der Waals surface area contributed by atoms with Crippen LogP contribution in [0, 0.1) is 0 Å². The molecule has 5 nitrogen and oxygen atoms in total. The first-order valence-corrected chi connectivity index (χ1v) is 12.5. The average Bonchev–Trinajstić information content (AvgIpc) is 3.18. The molecule has 0 atom stereocenters. The molecule has 0 aliphatic rings. The van der Waals surface area contributed by atoms with Gasteiger partial charge < -0.3 is 15.2 Å². The Hall–Kier alpha value is -2.64. The second kappa shape index (κ2) is 11.2. The lowest BCUT2D eigenvalue weighted by Crippen LogP contribution is -2.27. The number of aromatic nitrogens is 1. The van der Waals surface area contributed by atoms with Gasteiger partial charge in [-0.2, -0.15) is 0 Å². The van der Waals surface area contributed by atoms with Crippen LogP contribution in [-0.4, -0.2) is 28.7 Å². The van der Waals surface area contributed by atoms with E-state index < -0.39 is 0 Å². The molecule has 0 bridgehead atoms. The number of hydrogen-bond acceptors (Lipinski definition) is 3. The summed E-state index contributed by atoms with van der Waals surface area (Å²) in [6.45, 7) is 1.05. The van der Waals surface area contributed by atoms with Crippen LogP contribution in [-0.2, 0) is 11.3 Å². The fraction of sp³-hybridized carbons (Fsp3) is 0.120. The van der Waals surface area contributed by atoms with Crippen molar-refractivity contribution in [1.29, 1.82) is 0 Å². The van der Waals surface area contributed by atoms with Gasteiger partial charge in [-0.25, -0.2) is 0 Å². The van der Waals surface area contributed by atoms with Crippen LogP contribution in [0.1, 0.15) is 10.4 Å². The number of hydrogen-bond donors (Lipinski definition) is 2. The van der Waals surface area contributed by atoms with E-state index in [0.717, 1.165) is 15.8 Å². The Balaban J connectivity index is 1.38. The quantitative estimate of drug-likeness (QED) is 0.246. The fourth-order valence-corrected chi connectivity index (χ4v) is 4.73. The van der Waals surface area contributed by atoms with E-state index in [0.29, 0.717) is 39.4 Å². The summed E-state index contributed by atoms with van der Waals surface area (Å²) in [4.78, 5) is 25.8. The zero-order valence-corrected chi connectivity index (χ0v) is 20.9.